The van der Waals surface area contributed by atoms with E-state index >= 15 is 0 Å². The number of hydrogen-bond acceptors (Lipinski definition) is 3. The van der Waals surface area contributed by atoms with Gasteiger partial charge in [0.2, 0.25) is 0 Å². The molecule has 0 amide bonds. The second-order valence-electron chi connectivity index (χ2n) is 5.41. The highest BCUT2D eigenvalue weighted by atomic mass is 35.5. The van der Waals surface area contributed by atoms with Crippen LogP contribution >= 0.6 is 11.6 Å². The molecule has 4 nitrogen and oxygen atoms in total. The Hall–Kier alpha value is -2.59. The third-order valence-electron chi connectivity index (χ3n) is 3.99. The largest absolute Gasteiger partial charge is 0.482 e. The van der Waals surface area contributed by atoms with Crippen molar-refractivity contribution in [2.45, 2.75) is 12.1 Å². The Morgan fingerprint density at radius 2 is 1.96 bits per heavy atom. The lowest BCUT2D eigenvalue weighted by atomic mass is 9.91. The van der Waals surface area contributed by atoms with E-state index in [-0.39, 0.29) is 5.78 Å². The molecule has 5 heteroatoms. The van der Waals surface area contributed by atoms with E-state index < -0.39 is 12.1 Å². The molecule has 0 spiro atoms. The highest BCUT2D eigenvalue weighted by Gasteiger charge is 2.39. The first-order valence-corrected chi connectivity index (χ1v) is 7.64. The number of carbonyl (C=O) groups excluding carboxylic acids is 1. The Morgan fingerprint density at radius 1 is 1.13 bits per heavy atom. The number of nitrogens with zero attached hydrogens (tertiary/aromatic N) is 2. The number of carbonyl (C=O) groups is 1. The molecule has 0 N–H and O–H groups in total. The number of hydrogen-bond donors (Lipinski definition) is 0. The zero-order valence-corrected chi connectivity index (χ0v) is 12.9. The molecular weight excluding hydrogens is 312 g/mol. The normalized spacial score (nSPS) is 20.0. The average Bonchev–Trinajstić information content (AvgIpc) is 3.10. The molecule has 0 aliphatic carbocycles. The van der Waals surface area contributed by atoms with E-state index in [1.165, 1.54) is 0 Å². The van der Waals surface area contributed by atoms with Crippen molar-refractivity contribution >= 4 is 17.4 Å². The standard InChI is InChI=1S/C18H13ClN2O2/c19-13-6-7-15-14(10-13)17(22)16(21-9-8-20-11-21)18(23-15)12-4-2-1-3-5-12/h1-11,16,18H. The number of imidazole rings is 1. The zero-order chi connectivity index (χ0) is 15.8. The molecule has 0 fully saturated rings. The Balaban J connectivity index is 1.87. The molecule has 23 heavy (non-hydrogen) atoms. The van der Waals surface area contributed by atoms with Crippen molar-refractivity contribution in [2.75, 3.05) is 0 Å². The van der Waals surface area contributed by atoms with E-state index in [9.17, 15) is 4.79 Å². The van der Waals surface area contributed by atoms with E-state index in [1.54, 1.807) is 41.5 Å². The number of benzene rings is 2. The van der Waals surface area contributed by atoms with Gasteiger partial charge in [-0.05, 0) is 23.8 Å². The van der Waals surface area contributed by atoms with Crippen LogP contribution in [0.2, 0.25) is 5.02 Å². The summed E-state index contributed by atoms with van der Waals surface area (Å²) in [5.41, 5.74) is 1.45. The molecule has 2 unspecified atom stereocenters. The van der Waals surface area contributed by atoms with Crippen LogP contribution in [-0.4, -0.2) is 15.3 Å². The minimum atomic E-state index is -0.508. The van der Waals surface area contributed by atoms with Gasteiger partial charge in [0.15, 0.2) is 11.9 Å². The summed E-state index contributed by atoms with van der Waals surface area (Å²) in [6.07, 6.45) is 4.66. The number of Topliss-reactive ketones (excluding diaryl/α,β-unsaturated/α-hetero) is 1. The highest BCUT2D eigenvalue weighted by molar-refractivity contribution is 6.31. The number of rotatable bonds is 2. The van der Waals surface area contributed by atoms with Crippen LogP contribution in [-0.2, 0) is 0 Å². The van der Waals surface area contributed by atoms with Gasteiger partial charge in [-0.15, -0.1) is 0 Å². The molecule has 1 aliphatic rings. The van der Waals surface area contributed by atoms with Crippen LogP contribution in [0.5, 0.6) is 5.75 Å². The van der Waals surface area contributed by atoms with Gasteiger partial charge in [-0.25, -0.2) is 4.98 Å². The Kier molecular flexibility index (Phi) is 3.39. The summed E-state index contributed by atoms with van der Waals surface area (Å²) in [5.74, 6) is 0.533. The van der Waals surface area contributed by atoms with E-state index in [4.69, 9.17) is 16.3 Å². The van der Waals surface area contributed by atoms with Crippen molar-refractivity contribution in [2.24, 2.45) is 0 Å². The number of halogens is 1. The lowest BCUT2D eigenvalue weighted by Crippen LogP contribution is -2.33. The van der Waals surface area contributed by atoms with Gasteiger partial charge >= 0.3 is 0 Å². The van der Waals surface area contributed by atoms with Crippen LogP contribution < -0.4 is 4.74 Å². The topological polar surface area (TPSA) is 44.1 Å². The van der Waals surface area contributed by atoms with Crippen LogP contribution in [0.15, 0.2) is 67.3 Å². The lowest BCUT2D eigenvalue weighted by Gasteiger charge is -2.33. The summed E-state index contributed by atoms with van der Waals surface area (Å²) in [7, 11) is 0. The molecule has 0 bridgehead atoms. The van der Waals surface area contributed by atoms with E-state index in [1.807, 2.05) is 30.3 Å². The van der Waals surface area contributed by atoms with E-state index in [2.05, 4.69) is 4.98 Å². The van der Waals surface area contributed by atoms with Gasteiger partial charge in [-0.1, -0.05) is 41.9 Å². The monoisotopic (exact) mass is 324 g/mol. The summed E-state index contributed by atoms with van der Waals surface area (Å²) >= 11 is 6.04. The quantitative estimate of drug-likeness (QED) is 0.713. The fourth-order valence-electron chi connectivity index (χ4n) is 2.91. The summed E-state index contributed by atoms with van der Waals surface area (Å²) in [4.78, 5) is 17.1. The van der Waals surface area contributed by atoms with E-state index in [0.29, 0.717) is 16.3 Å². The van der Waals surface area contributed by atoms with E-state index in [0.717, 1.165) is 5.56 Å². The fraction of sp³-hybridized carbons (Fsp3) is 0.111. The first kappa shape index (κ1) is 14.0. The molecule has 4 rings (SSSR count). The molecule has 1 aliphatic heterocycles. The minimum Gasteiger partial charge on any atom is -0.482 e. The number of ketones is 1. The summed E-state index contributed by atoms with van der Waals surface area (Å²) in [6, 6.07) is 14.4. The highest BCUT2D eigenvalue weighted by Crippen LogP contribution is 2.41. The number of ether oxygens (including phenoxy) is 1. The SMILES string of the molecule is O=C1c2cc(Cl)ccc2OC(c2ccccc2)C1n1ccnc1. The van der Waals surface area contributed by atoms with Gasteiger partial charge in [0.05, 0.1) is 11.9 Å². The first-order valence-electron chi connectivity index (χ1n) is 7.27. The van der Waals surface area contributed by atoms with Crippen LogP contribution in [0.4, 0.5) is 0 Å². The Labute approximate surface area is 138 Å². The minimum absolute atomic E-state index is 0.0272. The predicted octanol–water partition coefficient (Wildman–Crippen LogP) is 4.09. The smallest absolute Gasteiger partial charge is 0.193 e. The van der Waals surface area contributed by atoms with Crippen molar-refractivity contribution < 1.29 is 9.53 Å². The average molecular weight is 325 g/mol. The summed E-state index contributed by atoms with van der Waals surface area (Å²) in [6.45, 7) is 0. The molecule has 3 aromatic rings. The predicted molar refractivity (Wildman–Crippen MR) is 86.9 cm³/mol. The second-order valence-corrected chi connectivity index (χ2v) is 5.85. The van der Waals surface area contributed by atoms with Gasteiger partial charge in [-0.2, -0.15) is 0 Å². The second kappa shape index (κ2) is 5.56. The molecule has 0 saturated carbocycles. The van der Waals surface area contributed by atoms with Crippen molar-refractivity contribution in [1.82, 2.24) is 9.55 Å². The van der Waals surface area contributed by atoms with Gasteiger partial charge in [0.1, 0.15) is 11.8 Å². The third kappa shape index (κ3) is 2.41. The molecule has 2 aromatic carbocycles. The van der Waals surface area contributed by atoms with Crippen molar-refractivity contribution in [3.63, 3.8) is 0 Å². The molecule has 0 saturated heterocycles. The molecule has 2 heterocycles. The van der Waals surface area contributed by atoms with Gasteiger partial charge in [0, 0.05) is 17.4 Å². The van der Waals surface area contributed by atoms with Crippen LogP contribution in [0.1, 0.15) is 28.1 Å². The van der Waals surface area contributed by atoms with Gasteiger partial charge < -0.3 is 9.30 Å². The maximum Gasteiger partial charge on any atom is 0.193 e. The molecular formula is C18H13ClN2O2. The van der Waals surface area contributed by atoms with Gasteiger partial charge in [0.25, 0.3) is 0 Å². The third-order valence-corrected chi connectivity index (χ3v) is 4.23. The van der Waals surface area contributed by atoms with Crippen LogP contribution in [0.3, 0.4) is 0 Å². The lowest BCUT2D eigenvalue weighted by molar-refractivity contribution is 0.0677. The fourth-order valence-corrected chi connectivity index (χ4v) is 3.09. The van der Waals surface area contributed by atoms with Crippen molar-refractivity contribution in [1.29, 1.82) is 0 Å². The van der Waals surface area contributed by atoms with Crippen molar-refractivity contribution in [3.05, 3.63) is 83.4 Å². The zero-order valence-electron chi connectivity index (χ0n) is 12.1. The molecule has 114 valence electrons. The van der Waals surface area contributed by atoms with Crippen LogP contribution in [0.25, 0.3) is 0 Å². The van der Waals surface area contributed by atoms with Gasteiger partial charge in [-0.3, -0.25) is 4.79 Å². The molecule has 2 atom stereocenters. The summed E-state index contributed by atoms with van der Waals surface area (Å²) in [5, 5.41) is 0.517. The molecule has 1 aromatic heterocycles. The Morgan fingerprint density at radius 3 is 2.70 bits per heavy atom. The molecule has 0 radical (unpaired) electrons. The maximum atomic E-state index is 13.1. The number of aromatic nitrogens is 2. The van der Waals surface area contributed by atoms with Crippen molar-refractivity contribution in [3.8, 4) is 5.75 Å². The maximum absolute atomic E-state index is 13.1. The first-order chi connectivity index (χ1) is 11.2. The Bertz CT molecular complexity index is 847. The van der Waals surface area contributed by atoms with Crippen LogP contribution in [0, 0.1) is 0 Å². The number of fused-ring (bicyclic) bond motifs is 1. The summed E-state index contributed by atoms with van der Waals surface area (Å²) < 4.78 is 7.93.